The molecule has 3 aromatic rings. The van der Waals surface area contributed by atoms with Crippen LogP contribution in [0.3, 0.4) is 0 Å². The van der Waals surface area contributed by atoms with Gasteiger partial charge in [0, 0.05) is 48.6 Å². The van der Waals surface area contributed by atoms with Gasteiger partial charge < -0.3 is 14.6 Å². The maximum absolute atomic E-state index is 13.9. The van der Waals surface area contributed by atoms with E-state index in [9.17, 15) is 14.7 Å². The fourth-order valence-electron chi connectivity index (χ4n) is 5.09. The van der Waals surface area contributed by atoms with Gasteiger partial charge in [0.1, 0.15) is 11.7 Å². The first-order valence-corrected chi connectivity index (χ1v) is 12.1. The number of rotatable bonds is 6. The Balaban J connectivity index is 1.72. The molecule has 5 rings (SSSR count). The second-order valence-corrected chi connectivity index (χ2v) is 9.46. The van der Waals surface area contributed by atoms with Crippen molar-refractivity contribution < 1.29 is 14.7 Å². The second kappa shape index (κ2) is 9.28. The summed E-state index contributed by atoms with van der Waals surface area (Å²) in [7, 11) is 0. The average Bonchev–Trinajstić information content (AvgIpc) is 3.43. The van der Waals surface area contributed by atoms with Gasteiger partial charge in [-0.2, -0.15) is 0 Å². The Hall–Kier alpha value is -3.09. The van der Waals surface area contributed by atoms with Crippen LogP contribution >= 0.6 is 11.6 Å². The van der Waals surface area contributed by atoms with Crippen molar-refractivity contribution in [1.29, 1.82) is 0 Å². The van der Waals surface area contributed by atoms with Crippen molar-refractivity contribution in [3.63, 3.8) is 0 Å². The molecule has 1 N–H and O–H groups in total. The quantitative estimate of drug-likeness (QED) is 0.531. The summed E-state index contributed by atoms with van der Waals surface area (Å²) in [6.07, 6.45) is 3.93. The van der Waals surface area contributed by atoms with Gasteiger partial charge in [0.25, 0.3) is 11.8 Å². The Bertz CT molecular complexity index is 1230. The molecule has 2 aliphatic heterocycles. The van der Waals surface area contributed by atoms with Crippen LogP contribution in [0.4, 0.5) is 5.69 Å². The van der Waals surface area contributed by atoms with Crippen LogP contribution in [0.1, 0.15) is 40.9 Å². The van der Waals surface area contributed by atoms with E-state index in [2.05, 4.69) is 29.2 Å². The Kier molecular flexibility index (Phi) is 6.19. The molecule has 176 valence electrons. The van der Waals surface area contributed by atoms with Gasteiger partial charge in [-0.15, -0.1) is 0 Å². The number of aliphatic hydroxyl groups excluding tert-OH is 1. The average molecular weight is 478 g/mol. The molecule has 1 unspecified atom stereocenters. The van der Waals surface area contributed by atoms with Crippen molar-refractivity contribution in [2.45, 2.75) is 38.8 Å². The third-order valence-corrected chi connectivity index (χ3v) is 7.10. The van der Waals surface area contributed by atoms with Crippen LogP contribution in [0.2, 0.25) is 5.02 Å². The molecule has 2 aromatic carbocycles. The van der Waals surface area contributed by atoms with Crippen molar-refractivity contribution in [3.05, 3.63) is 76.6 Å². The summed E-state index contributed by atoms with van der Waals surface area (Å²) in [4.78, 5) is 30.8. The molecule has 1 saturated heterocycles. The van der Waals surface area contributed by atoms with Crippen molar-refractivity contribution in [2.75, 3.05) is 24.6 Å². The molecule has 2 amide bonds. The predicted octanol–water partition coefficient (Wildman–Crippen LogP) is 4.50. The predicted molar refractivity (Wildman–Crippen MR) is 133 cm³/mol. The first-order chi connectivity index (χ1) is 16.5. The van der Waals surface area contributed by atoms with Crippen LogP contribution in [0.5, 0.6) is 0 Å². The fraction of sp³-hybridized carbons (Fsp3) is 0.333. The van der Waals surface area contributed by atoms with Gasteiger partial charge in [0.05, 0.1) is 5.69 Å². The molecule has 6 nitrogen and oxygen atoms in total. The van der Waals surface area contributed by atoms with Gasteiger partial charge in [-0.05, 0) is 37.8 Å². The minimum Gasteiger partial charge on any atom is -0.396 e. The molecular formula is C27H28ClN3O3. The number of amides is 2. The number of hydrogen-bond acceptors (Lipinski definition) is 4. The normalized spacial score (nSPS) is 17.7. The van der Waals surface area contributed by atoms with Crippen molar-refractivity contribution in [1.82, 2.24) is 9.47 Å². The lowest BCUT2D eigenvalue weighted by Gasteiger charge is -2.26. The monoisotopic (exact) mass is 477 g/mol. The van der Waals surface area contributed by atoms with Crippen LogP contribution in [0.25, 0.3) is 11.1 Å². The number of carbonyl (C=O) groups is 2. The lowest BCUT2D eigenvalue weighted by molar-refractivity contribution is -0.129. The highest BCUT2D eigenvalue weighted by molar-refractivity contribution is 6.33. The van der Waals surface area contributed by atoms with Gasteiger partial charge in [-0.1, -0.05) is 59.6 Å². The summed E-state index contributed by atoms with van der Waals surface area (Å²) in [6, 6.07) is 15.5. The van der Waals surface area contributed by atoms with Crippen LogP contribution in [-0.4, -0.2) is 52.1 Å². The molecule has 1 aromatic heterocycles. The minimum absolute atomic E-state index is 0.0758. The molecule has 0 radical (unpaired) electrons. The Morgan fingerprint density at radius 2 is 1.82 bits per heavy atom. The van der Waals surface area contributed by atoms with E-state index in [4.69, 9.17) is 11.6 Å². The zero-order valence-electron chi connectivity index (χ0n) is 19.2. The summed E-state index contributed by atoms with van der Waals surface area (Å²) < 4.78 is 1.96. The molecule has 1 atom stereocenters. The highest BCUT2D eigenvalue weighted by Crippen LogP contribution is 2.44. The second-order valence-electron chi connectivity index (χ2n) is 9.06. The number of carbonyl (C=O) groups excluding carboxylic acids is 2. The molecule has 3 heterocycles. The zero-order chi connectivity index (χ0) is 23.8. The summed E-state index contributed by atoms with van der Waals surface area (Å²) in [5.41, 5.74) is 5.24. The molecule has 34 heavy (non-hydrogen) atoms. The molecular weight excluding hydrogens is 450 g/mol. The SMILES string of the molecule is Cc1ccc(Cn2cc(-c3ccccc3Cl)c3c2C(=O)N(CCCO)C(=O)C2CCCN32)cc1. The maximum Gasteiger partial charge on any atom is 0.279 e. The van der Waals surface area contributed by atoms with Crippen LogP contribution in [0.15, 0.2) is 54.7 Å². The number of nitrogens with zero attached hydrogens (tertiary/aromatic N) is 3. The molecule has 0 saturated carbocycles. The van der Waals surface area contributed by atoms with E-state index < -0.39 is 0 Å². The summed E-state index contributed by atoms with van der Waals surface area (Å²) in [5, 5.41) is 10.0. The van der Waals surface area contributed by atoms with Crippen LogP contribution in [0, 0.1) is 6.92 Å². The Morgan fingerprint density at radius 3 is 2.56 bits per heavy atom. The Morgan fingerprint density at radius 1 is 1.06 bits per heavy atom. The van der Waals surface area contributed by atoms with Gasteiger partial charge in [-0.25, -0.2) is 0 Å². The van der Waals surface area contributed by atoms with E-state index in [-0.39, 0.29) is 31.0 Å². The van der Waals surface area contributed by atoms with Crippen molar-refractivity contribution in [3.8, 4) is 11.1 Å². The van der Waals surface area contributed by atoms with Gasteiger partial charge in [0.15, 0.2) is 0 Å². The summed E-state index contributed by atoms with van der Waals surface area (Å²) >= 11 is 6.62. The first-order valence-electron chi connectivity index (χ1n) is 11.8. The van der Waals surface area contributed by atoms with Gasteiger partial charge in [0.2, 0.25) is 0 Å². The molecule has 7 heteroatoms. The number of imide groups is 1. The topological polar surface area (TPSA) is 65.8 Å². The number of benzene rings is 2. The third-order valence-electron chi connectivity index (χ3n) is 6.77. The van der Waals surface area contributed by atoms with E-state index in [0.717, 1.165) is 28.8 Å². The number of halogens is 1. The minimum atomic E-state index is -0.389. The third kappa shape index (κ3) is 3.91. The number of anilines is 1. The molecule has 0 aliphatic carbocycles. The van der Waals surface area contributed by atoms with E-state index >= 15 is 0 Å². The lowest BCUT2D eigenvalue weighted by Crippen LogP contribution is -2.46. The largest absolute Gasteiger partial charge is 0.396 e. The first kappa shape index (κ1) is 22.7. The molecule has 2 aliphatic rings. The standard InChI is InChI=1S/C27H28ClN3O3/c1-18-9-11-19(12-10-18)16-29-17-21(20-6-2-3-7-22(20)28)24-25(29)27(34)31(14-5-15-32)26(33)23-8-4-13-30(23)24/h2-3,6-7,9-12,17,23,32H,4-5,8,13-16H2,1H3. The van der Waals surface area contributed by atoms with Gasteiger partial charge in [-0.3, -0.25) is 14.5 Å². The lowest BCUT2D eigenvalue weighted by atomic mass is 10.1. The van der Waals surface area contributed by atoms with E-state index in [1.165, 1.54) is 10.5 Å². The van der Waals surface area contributed by atoms with Crippen molar-refractivity contribution in [2.24, 2.45) is 0 Å². The number of aromatic nitrogens is 1. The molecule has 0 spiro atoms. The van der Waals surface area contributed by atoms with Gasteiger partial charge >= 0.3 is 0 Å². The highest BCUT2D eigenvalue weighted by Gasteiger charge is 2.44. The van der Waals surface area contributed by atoms with Crippen molar-refractivity contribution >= 4 is 29.1 Å². The number of aryl methyl sites for hydroxylation is 1. The number of hydrogen-bond donors (Lipinski definition) is 1. The molecule has 1 fully saturated rings. The smallest absolute Gasteiger partial charge is 0.279 e. The fourth-order valence-corrected chi connectivity index (χ4v) is 5.33. The highest BCUT2D eigenvalue weighted by atomic mass is 35.5. The summed E-state index contributed by atoms with van der Waals surface area (Å²) in [5.74, 6) is -0.493. The maximum atomic E-state index is 13.9. The van der Waals surface area contributed by atoms with Crippen LogP contribution in [-0.2, 0) is 11.3 Å². The van der Waals surface area contributed by atoms with E-state index in [1.54, 1.807) is 0 Å². The van der Waals surface area contributed by atoms with E-state index in [0.29, 0.717) is 36.6 Å². The Labute approximate surface area is 204 Å². The van der Waals surface area contributed by atoms with Crippen LogP contribution < -0.4 is 4.90 Å². The number of fused-ring (bicyclic) bond motifs is 3. The zero-order valence-corrected chi connectivity index (χ0v) is 20.0. The summed E-state index contributed by atoms with van der Waals surface area (Å²) in [6.45, 7) is 3.38. The molecule has 0 bridgehead atoms. The van der Waals surface area contributed by atoms with E-state index in [1.807, 2.05) is 42.0 Å². The number of aliphatic hydroxyl groups is 1.